The van der Waals surface area contributed by atoms with Crippen LogP contribution in [0.1, 0.15) is 24.5 Å². The summed E-state index contributed by atoms with van der Waals surface area (Å²) in [4.78, 5) is 0. The van der Waals surface area contributed by atoms with E-state index >= 15 is 0 Å². The topological polar surface area (TPSA) is 94.8 Å². The Labute approximate surface area is 193 Å². The molecule has 0 amide bonds. The van der Waals surface area contributed by atoms with Gasteiger partial charge in [0.2, 0.25) is 10.0 Å². The summed E-state index contributed by atoms with van der Waals surface area (Å²) in [5.41, 5.74) is 4.55. The smallest absolute Gasteiger partial charge is 0.218 e. The molecule has 1 aliphatic rings. The molecule has 1 fully saturated rings. The zero-order chi connectivity index (χ0) is 23.0. The first-order valence-corrected chi connectivity index (χ1v) is 12.6. The number of nitrogens with one attached hydrogen (secondary N) is 1. The minimum atomic E-state index is -3.43. The van der Waals surface area contributed by atoms with E-state index in [0.717, 1.165) is 35.0 Å². The third-order valence-corrected chi connectivity index (χ3v) is 8.37. The van der Waals surface area contributed by atoms with Crippen molar-refractivity contribution in [2.45, 2.75) is 31.7 Å². The maximum atomic E-state index is 13.1. The standard InChI is InChI=1S/C25H25N5O2S/c1-18-10-21(16-30(18)33(31,32)17-20-4-2-19(12-26)3-5-20)15-29-9-8-23-11-22(6-7-25(23)29)24-13-27-28-14-24/h2-9,11,13-14,18,21H,10,15-17H2,1H3,(H,27,28). The van der Waals surface area contributed by atoms with Crippen LogP contribution in [0.25, 0.3) is 22.0 Å². The van der Waals surface area contributed by atoms with Crippen LogP contribution in [0.15, 0.2) is 67.1 Å². The van der Waals surface area contributed by atoms with Crippen LogP contribution in [0.3, 0.4) is 0 Å². The van der Waals surface area contributed by atoms with E-state index in [4.69, 9.17) is 5.26 Å². The zero-order valence-corrected chi connectivity index (χ0v) is 19.2. The van der Waals surface area contributed by atoms with Crippen molar-refractivity contribution in [3.05, 3.63) is 78.2 Å². The molecule has 7 nitrogen and oxygen atoms in total. The molecule has 2 unspecified atom stereocenters. The van der Waals surface area contributed by atoms with E-state index in [2.05, 4.69) is 51.3 Å². The van der Waals surface area contributed by atoms with Crippen molar-refractivity contribution >= 4 is 20.9 Å². The molecule has 2 aromatic carbocycles. The maximum Gasteiger partial charge on any atom is 0.218 e. The Morgan fingerprint density at radius 2 is 1.97 bits per heavy atom. The molecule has 8 heteroatoms. The van der Waals surface area contributed by atoms with Gasteiger partial charge in [-0.05, 0) is 60.7 Å². The minimum absolute atomic E-state index is 0.0344. The van der Waals surface area contributed by atoms with Gasteiger partial charge < -0.3 is 4.57 Å². The monoisotopic (exact) mass is 459 g/mol. The zero-order valence-electron chi connectivity index (χ0n) is 18.3. The van der Waals surface area contributed by atoms with Gasteiger partial charge in [-0.2, -0.15) is 14.7 Å². The molecule has 0 spiro atoms. The van der Waals surface area contributed by atoms with Crippen molar-refractivity contribution in [3.63, 3.8) is 0 Å². The quantitative estimate of drug-likeness (QED) is 0.469. The fourth-order valence-electron chi connectivity index (χ4n) is 4.82. The number of benzene rings is 2. The first kappa shape index (κ1) is 21.4. The second-order valence-corrected chi connectivity index (χ2v) is 10.7. The lowest BCUT2D eigenvalue weighted by Gasteiger charge is -2.21. The number of hydrogen-bond donors (Lipinski definition) is 1. The van der Waals surface area contributed by atoms with Crippen LogP contribution in [0, 0.1) is 17.2 Å². The number of nitrogens with zero attached hydrogens (tertiary/aromatic N) is 4. The molecule has 1 N–H and O–H groups in total. The molecule has 2 atom stereocenters. The van der Waals surface area contributed by atoms with E-state index in [0.29, 0.717) is 17.7 Å². The van der Waals surface area contributed by atoms with E-state index < -0.39 is 10.0 Å². The van der Waals surface area contributed by atoms with E-state index in [-0.39, 0.29) is 17.7 Å². The van der Waals surface area contributed by atoms with Crippen LogP contribution in [0.4, 0.5) is 0 Å². The van der Waals surface area contributed by atoms with Crippen LogP contribution in [-0.4, -0.2) is 40.1 Å². The van der Waals surface area contributed by atoms with Crippen molar-refractivity contribution in [2.75, 3.05) is 6.54 Å². The molecule has 0 bridgehead atoms. The summed E-state index contributed by atoms with van der Waals surface area (Å²) in [7, 11) is -3.43. The Morgan fingerprint density at radius 3 is 2.70 bits per heavy atom. The van der Waals surface area contributed by atoms with Gasteiger partial charge in [0.05, 0.1) is 23.6 Å². The van der Waals surface area contributed by atoms with Gasteiger partial charge in [-0.1, -0.05) is 18.2 Å². The molecule has 33 heavy (non-hydrogen) atoms. The van der Waals surface area contributed by atoms with Gasteiger partial charge in [0, 0.05) is 48.0 Å². The first-order chi connectivity index (χ1) is 15.9. The highest BCUT2D eigenvalue weighted by Crippen LogP contribution is 2.31. The number of aromatic nitrogens is 3. The van der Waals surface area contributed by atoms with E-state index in [1.807, 2.05) is 19.3 Å². The summed E-state index contributed by atoms with van der Waals surface area (Å²) in [6.45, 7) is 3.29. The lowest BCUT2D eigenvalue weighted by Crippen LogP contribution is -2.35. The average Bonchev–Trinajstić information content (AvgIpc) is 3.55. The number of sulfonamides is 1. The largest absolute Gasteiger partial charge is 0.347 e. The predicted octanol–water partition coefficient (Wildman–Crippen LogP) is 4.14. The second-order valence-electron chi connectivity index (χ2n) is 8.81. The number of hydrogen-bond acceptors (Lipinski definition) is 4. The van der Waals surface area contributed by atoms with E-state index in [9.17, 15) is 8.42 Å². The van der Waals surface area contributed by atoms with Crippen LogP contribution in [0.2, 0.25) is 0 Å². The minimum Gasteiger partial charge on any atom is -0.347 e. The Bertz CT molecular complexity index is 1420. The molecule has 0 radical (unpaired) electrons. The summed E-state index contributed by atoms with van der Waals surface area (Å²) >= 11 is 0. The van der Waals surface area contributed by atoms with Crippen molar-refractivity contribution in [1.82, 2.24) is 19.1 Å². The summed E-state index contributed by atoms with van der Waals surface area (Å²) in [5.74, 6) is 0.207. The van der Waals surface area contributed by atoms with Crippen LogP contribution in [-0.2, 0) is 22.3 Å². The van der Waals surface area contributed by atoms with Crippen molar-refractivity contribution in [3.8, 4) is 17.2 Å². The highest BCUT2D eigenvalue weighted by atomic mass is 32.2. The second kappa shape index (κ2) is 8.50. The molecule has 5 rings (SSSR count). The summed E-state index contributed by atoms with van der Waals surface area (Å²) in [6, 6.07) is 17.3. The maximum absolute atomic E-state index is 13.1. The normalized spacial score (nSPS) is 19.2. The Morgan fingerprint density at radius 1 is 1.15 bits per heavy atom. The molecule has 3 heterocycles. The third kappa shape index (κ3) is 4.30. The molecule has 0 saturated carbocycles. The summed E-state index contributed by atoms with van der Waals surface area (Å²) < 4.78 is 30.1. The lowest BCUT2D eigenvalue weighted by molar-refractivity contribution is 0.399. The van der Waals surface area contributed by atoms with Crippen molar-refractivity contribution < 1.29 is 8.42 Å². The van der Waals surface area contributed by atoms with Gasteiger partial charge in [0.25, 0.3) is 0 Å². The SMILES string of the molecule is CC1CC(Cn2ccc3cc(-c4cn[nH]c4)ccc32)CN1S(=O)(=O)Cc1ccc(C#N)cc1. The molecule has 2 aromatic heterocycles. The fourth-order valence-corrected chi connectivity index (χ4v) is 6.68. The Kier molecular flexibility index (Phi) is 5.52. The molecule has 168 valence electrons. The highest BCUT2D eigenvalue weighted by Gasteiger charge is 2.37. The predicted molar refractivity (Wildman–Crippen MR) is 128 cm³/mol. The van der Waals surface area contributed by atoms with Crippen molar-refractivity contribution in [1.29, 1.82) is 5.26 Å². The van der Waals surface area contributed by atoms with Gasteiger partial charge in [-0.15, -0.1) is 0 Å². The first-order valence-electron chi connectivity index (χ1n) is 11.0. The van der Waals surface area contributed by atoms with Crippen LogP contribution < -0.4 is 0 Å². The van der Waals surface area contributed by atoms with E-state index in [1.165, 1.54) is 0 Å². The van der Waals surface area contributed by atoms with Gasteiger partial charge in [0.1, 0.15) is 0 Å². The van der Waals surface area contributed by atoms with Crippen LogP contribution >= 0.6 is 0 Å². The fraction of sp³-hybridized carbons (Fsp3) is 0.280. The number of nitriles is 1. The van der Waals surface area contributed by atoms with Gasteiger partial charge >= 0.3 is 0 Å². The summed E-state index contributed by atoms with van der Waals surface area (Å²) in [6.07, 6.45) is 6.61. The molecular weight excluding hydrogens is 434 g/mol. The third-order valence-electron chi connectivity index (χ3n) is 6.45. The Hall–Kier alpha value is -3.41. The van der Waals surface area contributed by atoms with Crippen LogP contribution in [0.5, 0.6) is 0 Å². The van der Waals surface area contributed by atoms with E-state index in [1.54, 1.807) is 28.6 Å². The number of fused-ring (bicyclic) bond motifs is 1. The molecule has 1 aliphatic heterocycles. The lowest BCUT2D eigenvalue weighted by atomic mass is 10.1. The van der Waals surface area contributed by atoms with Crippen molar-refractivity contribution in [2.24, 2.45) is 5.92 Å². The Balaban J connectivity index is 1.29. The molecule has 0 aliphatic carbocycles. The molecular formula is C25H25N5O2S. The average molecular weight is 460 g/mol. The molecule has 4 aromatic rings. The summed E-state index contributed by atoms with van der Waals surface area (Å²) in [5, 5.41) is 17.0. The number of rotatable bonds is 6. The number of aromatic amines is 1. The van der Waals surface area contributed by atoms with Gasteiger partial charge in [-0.3, -0.25) is 5.10 Å². The van der Waals surface area contributed by atoms with Gasteiger partial charge in [-0.25, -0.2) is 8.42 Å². The number of H-pyrrole nitrogens is 1. The van der Waals surface area contributed by atoms with Gasteiger partial charge in [0.15, 0.2) is 0 Å². The highest BCUT2D eigenvalue weighted by molar-refractivity contribution is 7.88. The molecule has 1 saturated heterocycles.